The number of benzene rings is 1. The molecule has 4 rings (SSSR count). The van der Waals surface area contributed by atoms with Crippen molar-refractivity contribution in [3.05, 3.63) is 77.6 Å². The van der Waals surface area contributed by atoms with Crippen molar-refractivity contribution in [2.45, 2.75) is 33.0 Å². The molecule has 1 aromatic carbocycles. The molecule has 0 bridgehead atoms. The number of nitrogens with zero attached hydrogens (tertiary/aromatic N) is 4. The standard InChI is InChI=1S/C21H23N5S/c1-16(2)26-15-19(12-23-26)22-11-18-14-25(13-17-7-4-3-5-8-17)24-21(18)20-9-6-10-27-20/h3-10,12,14-16,22H,11,13H2,1-2H3. The van der Waals surface area contributed by atoms with Crippen LogP contribution in [-0.4, -0.2) is 19.6 Å². The molecule has 4 aromatic rings. The minimum Gasteiger partial charge on any atom is -0.378 e. The lowest BCUT2D eigenvalue weighted by Crippen LogP contribution is -2.01. The zero-order chi connectivity index (χ0) is 18.6. The number of thiophene rings is 1. The van der Waals surface area contributed by atoms with Crippen LogP contribution in [0.5, 0.6) is 0 Å². The summed E-state index contributed by atoms with van der Waals surface area (Å²) >= 11 is 1.72. The minimum atomic E-state index is 0.357. The van der Waals surface area contributed by atoms with E-state index in [9.17, 15) is 0 Å². The zero-order valence-electron chi connectivity index (χ0n) is 15.5. The molecule has 0 aliphatic heterocycles. The minimum absolute atomic E-state index is 0.357. The van der Waals surface area contributed by atoms with Gasteiger partial charge in [0.2, 0.25) is 0 Å². The van der Waals surface area contributed by atoms with E-state index in [0.717, 1.165) is 17.9 Å². The summed E-state index contributed by atoms with van der Waals surface area (Å²) in [6, 6.07) is 15.0. The van der Waals surface area contributed by atoms with E-state index in [1.54, 1.807) is 11.3 Å². The van der Waals surface area contributed by atoms with E-state index in [-0.39, 0.29) is 0 Å². The highest BCUT2D eigenvalue weighted by atomic mass is 32.1. The molecule has 0 aliphatic rings. The van der Waals surface area contributed by atoms with Gasteiger partial charge in [-0.15, -0.1) is 11.3 Å². The molecule has 0 atom stereocenters. The summed E-state index contributed by atoms with van der Waals surface area (Å²) in [5.74, 6) is 0. The molecule has 1 N–H and O–H groups in total. The first kappa shape index (κ1) is 17.5. The van der Waals surface area contributed by atoms with Crippen LogP contribution in [0.1, 0.15) is 31.0 Å². The van der Waals surface area contributed by atoms with Gasteiger partial charge in [-0.05, 0) is 30.9 Å². The lowest BCUT2D eigenvalue weighted by atomic mass is 10.2. The van der Waals surface area contributed by atoms with Crippen LogP contribution in [0.4, 0.5) is 5.69 Å². The van der Waals surface area contributed by atoms with E-state index >= 15 is 0 Å². The Balaban J connectivity index is 1.56. The van der Waals surface area contributed by atoms with Gasteiger partial charge < -0.3 is 5.32 Å². The van der Waals surface area contributed by atoms with Crippen molar-refractivity contribution in [1.82, 2.24) is 19.6 Å². The molecule has 0 saturated carbocycles. The normalized spacial score (nSPS) is 11.2. The van der Waals surface area contributed by atoms with Crippen LogP contribution in [0.3, 0.4) is 0 Å². The fraction of sp³-hybridized carbons (Fsp3) is 0.238. The largest absolute Gasteiger partial charge is 0.378 e. The molecule has 0 unspecified atom stereocenters. The summed E-state index contributed by atoms with van der Waals surface area (Å²) in [4.78, 5) is 1.19. The van der Waals surface area contributed by atoms with E-state index in [1.165, 1.54) is 16.0 Å². The van der Waals surface area contributed by atoms with Crippen LogP contribution in [-0.2, 0) is 13.1 Å². The van der Waals surface area contributed by atoms with Crippen molar-refractivity contribution in [2.75, 3.05) is 5.32 Å². The van der Waals surface area contributed by atoms with Gasteiger partial charge in [-0.1, -0.05) is 36.4 Å². The first-order chi connectivity index (χ1) is 13.2. The molecular weight excluding hydrogens is 354 g/mol. The maximum Gasteiger partial charge on any atom is 0.107 e. The van der Waals surface area contributed by atoms with E-state index < -0.39 is 0 Å². The van der Waals surface area contributed by atoms with Gasteiger partial charge in [0.15, 0.2) is 0 Å². The number of nitrogens with one attached hydrogen (secondary N) is 1. The average Bonchev–Trinajstić information content (AvgIpc) is 3.41. The number of rotatable bonds is 7. The Labute approximate surface area is 163 Å². The van der Waals surface area contributed by atoms with Gasteiger partial charge in [0.05, 0.1) is 23.3 Å². The Hall–Kier alpha value is -2.86. The molecule has 5 nitrogen and oxygen atoms in total. The van der Waals surface area contributed by atoms with Crippen LogP contribution < -0.4 is 5.32 Å². The first-order valence-corrected chi connectivity index (χ1v) is 9.99. The molecule has 0 radical (unpaired) electrons. The van der Waals surface area contributed by atoms with Gasteiger partial charge in [0.25, 0.3) is 0 Å². The highest BCUT2D eigenvalue weighted by Gasteiger charge is 2.13. The van der Waals surface area contributed by atoms with E-state index in [0.29, 0.717) is 12.6 Å². The smallest absolute Gasteiger partial charge is 0.107 e. The Morgan fingerprint density at radius 3 is 2.63 bits per heavy atom. The SMILES string of the molecule is CC(C)n1cc(NCc2cn(Cc3ccccc3)nc2-c2cccs2)cn1. The molecule has 3 aromatic heterocycles. The Kier molecular flexibility index (Phi) is 5.07. The monoisotopic (exact) mass is 377 g/mol. The molecule has 0 spiro atoms. The maximum absolute atomic E-state index is 4.86. The molecular formula is C21H23N5S. The summed E-state index contributed by atoms with van der Waals surface area (Å²) in [7, 11) is 0. The number of aromatic nitrogens is 4. The third-order valence-electron chi connectivity index (χ3n) is 4.39. The van der Waals surface area contributed by atoms with Gasteiger partial charge in [-0.2, -0.15) is 10.2 Å². The topological polar surface area (TPSA) is 47.7 Å². The van der Waals surface area contributed by atoms with Crippen molar-refractivity contribution in [3.63, 3.8) is 0 Å². The highest BCUT2D eigenvalue weighted by molar-refractivity contribution is 7.13. The summed E-state index contributed by atoms with van der Waals surface area (Å²) < 4.78 is 3.99. The first-order valence-electron chi connectivity index (χ1n) is 9.11. The van der Waals surface area contributed by atoms with Crippen molar-refractivity contribution < 1.29 is 0 Å². The second-order valence-corrected chi connectivity index (χ2v) is 7.77. The average molecular weight is 378 g/mol. The number of hydrogen-bond acceptors (Lipinski definition) is 4. The molecule has 138 valence electrons. The third kappa shape index (κ3) is 4.11. The second kappa shape index (κ2) is 7.80. The summed E-state index contributed by atoms with van der Waals surface area (Å²) in [6.45, 7) is 5.73. The van der Waals surface area contributed by atoms with Crippen LogP contribution in [0, 0.1) is 0 Å². The number of anilines is 1. The van der Waals surface area contributed by atoms with Crippen molar-refractivity contribution in [3.8, 4) is 10.6 Å². The Morgan fingerprint density at radius 1 is 1.07 bits per heavy atom. The van der Waals surface area contributed by atoms with Crippen molar-refractivity contribution in [2.24, 2.45) is 0 Å². The molecule has 0 fully saturated rings. The molecule has 6 heteroatoms. The molecule has 27 heavy (non-hydrogen) atoms. The quantitative estimate of drug-likeness (QED) is 0.490. The van der Waals surface area contributed by atoms with Gasteiger partial charge >= 0.3 is 0 Å². The lowest BCUT2D eigenvalue weighted by Gasteiger charge is -2.05. The van der Waals surface area contributed by atoms with E-state index in [2.05, 4.69) is 72.2 Å². The highest BCUT2D eigenvalue weighted by Crippen LogP contribution is 2.27. The summed E-state index contributed by atoms with van der Waals surface area (Å²) in [5.41, 5.74) is 4.50. The third-order valence-corrected chi connectivity index (χ3v) is 5.27. The van der Waals surface area contributed by atoms with Crippen LogP contribution in [0.2, 0.25) is 0 Å². The Morgan fingerprint density at radius 2 is 1.93 bits per heavy atom. The van der Waals surface area contributed by atoms with Crippen LogP contribution in [0.25, 0.3) is 10.6 Å². The molecule has 3 heterocycles. The summed E-state index contributed by atoms with van der Waals surface area (Å²) in [5, 5.41) is 14.8. The predicted octanol–water partition coefficient (Wildman–Crippen LogP) is 5.05. The van der Waals surface area contributed by atoms with Crippen LogP contribution >= 0.6 is 11.3 Å². The number of hydrogen-bond donors (Lipinski definition) is 1. The van der Waals surface area contributed by atoms with Crippen LogP contribution in [0.15, 0.2) is 66.4 Å². The van der Waals surface area contributed by atoms with E-state index in [4.69, 9.17) is 5.10 Å². The maximum atomic E-state index is 4.86. The molecule has 0 saturated heterocycles. The second-order valence-electron chi connectivity index (χ2n) is 6.82. The predicted molar refractivity (Wildman–Crippen MR) is 111 cm³/mol. The van der Waals surface area contributed by atoms with Gasteiger partial charge in [-0.3, -0.25) is 9.36 Å². The zero-order valence-corrected chi connectivity index (χ0v) is 16.4. The fourth-order valence-electron chi connectivity index (χ4n) is 2.97. The molecule has 0 aliphatic carbocycles. The van der Waals surface area contributed by atoms with Gasteiger partial charge in [0, 0.05) is 30.5 Å². The molecule has 0 amide bonds. The summed E-state index contributed by atoms with van der Waals surface area (Å²) in [6.07, 6.45) is 6.06. The fourth-order valence-corrected chi connectivity index (χ4v) is 3.72. The van der Waals surface area contributed by atoms with Crippen molar-refractivity contribution >= 4 is 17.0 Å². The Bertz CT molecular complexity index is 983. The van der Waals surface area contributed by atoms with Gasteiger partial charge in [-0.25, -0.2) is 0 Å². The lowest BCUT2D eigenvalue weighted by molar-refractivity contribution is 0.532. The van der Waals surface area contributed by atoms with Gasteiger partial charge in [0.1, 0.15) is 5.69 Å². The van der Waals surface area contributed by atoms with Crippen molar-refractivity contribution in [1.29, 1.82) is 0 Å². The van der Waals surface area contributed by atoms with E-state index in [1.807, 2.05) is 27.8 Å².